The van der Waals surface area contributed by atoms with Gasteiger partial charge in [-0.25, -0.2) is 4.90 Å². The molecule has 0 unspecified atom stereocenters. The van der Waals surface area contributed by atoms with Crippen molar-refractivity contribution in [2.45, 2.75) is 33.6 Å². The Morgan fingerprint density at radius 3 is 2.33 bits per heavy atom. The third-order valence-corrected chi connectivity index (χ3v) is 6.27. The second kappa shape index (κ2) is 7.98. The van der Waals surface area contributed by atoms with Crippen molar-refractivity contribution in [3.8, 4) is 5.75 Å². The third-order valence-electron chi connectivity index (χ3n) is 6.27. The Labute approximate surface area is 177 Å². The standard InChI is InChI=1S/C25H28N2O3/c1-16-10-12-26(13-11-16)23-22(19-9-8-17(2)18(3)14-19)24(28)27(25(23)29)20-6-5-7-21(15-20)30-4/h5-9,14-16H,10-13H2,1-4H3. The number of nitrogens with zero attached hydrogens (tertiary/aromatic N) is 2. The van der Waals surface area contributed by atoms with Gasteiger partial charge in [-0.05, 0) is 61.4 Å². The van der Waals surface area contributed by atoms with E-state index in [9.17, 15) is 9.59 Å². The van der Waals surface area contributed by atoms with Crippen LogP contribution in [0.1, 0.15) is 36.5 Å². The molecule has 2 amide bonds. The van der Waals surface area contributed by atoms with Gasteiger partial charge in [-0.1, -0.05) is 31.2 Å². The fourth-order valence-electron chi connectivity index (χ4n) is 4.18. The first kappa shape index (κ1) is 20.2. The summed E-state index contributed by atoms with van der Waals surface area (Å²) in [5, 5.41) is 0. The van der Waals surface area contributed by atoms with Crippen LogP contribution in [0.4, 0.5) is 5.69 Å². The van der Waals surface area contributed by atoms with E-state index in [1.165, 1.54) is 4.90 Å². The summed E-state index contributed by atoms with van der Waals surface area (Å²) in [5.74, 6) is 0.718. The largest absolute Gasteiger partial charge is 0.497 e. The minimum absolute atomic E-state index is 0.254. The van der Waals surface area contributed by atoms with Crippen molar-refractivity contribution in [3.05, 3.63) is 64.9 Å². The van der Waals surface area contributed by atoms with Crippen LogP contribution in [-0.4, -0.2) is 36.9 Å². The highest BCUT2D eigenvalue weighted by Gasteiger charge is 2.43. The summed E-state index contributed by atoms with van der Waals surface area (Å²) < 4.78 is 5.31. The molecule has 2 aliphatic rings. The van der Waals surface area contributed by atoms with Crippen LogP contribution in [0.5, 0.6) is 5.75 Å². The summed E-state index contributed by atoms with van der Waals surface area (Å²) in [6.07, 6.45) is 2.04. The van der Waals surface area contributed by atoms with Crippen LogP contribution in [0.15, 0.2) is 48.2 Å². The number of rotatable bonds is 4. The zero-order valence-corrected chi connectivity index (χ0v) is 18.1. The minimum Gasteiger partial charge on any atom is -0.497 e. The third kappa shape index (κ3) is 3.49. The highest BCUT2D eigenvalue weighted by Crippen LogP contribution is 2.37. The number of ether oxygens (including phenoxy) is 1. The Kier molecular flexibility index (Phi) is 5.37. The molecule has 30 heavy (non-hydrogen) atoms. The van der Waals surface area contributed by atoms with Gasteiger partial charge in [0.05, 0.1) is 18.4 Å². The smallest absolute Gasteiger partial charge is 0.282 e. The first-order chi connectivity index (χ1) is 14.4. The summed E-state index contributed by atoms with van der Waals surface area (Å²) in [7, 11) is 1.58. The van der Waals surface area contributed by atoms with Gasteiger partial charge < -0.3 is 9.64 Å². The van der Waals surface area contributed by atoms with Crippen LogP contribution < -0.4 is 9.64 Å². The normalized spacial score (nSPS) is 17.9. The SMILES string of the molecule is COc1cccc(N2C(=O)C(c3ccc(C)c(C)c3)=C(N3CCC(C)CC3)C2=O)c1. The number of piperidine rings is 1. The summed E-state index contributed by atoms with van der Waals surface area (Å²) in [4.78, 5) is 30.6. The molecule has 0 aromatic heterocycles. The number of likely N-dealkylation sites (tertiary alicyclic amines) is 1. The predicted octanol–water partition coefficient (Wildman–Crippen LogP) is 4.33. The highest BCUT2D eigenvalue weighted by atomic mass is 16.5. The van der Waals surface area contributed by atoms with Crippen LogP contribution >= 0.6 is 0 Å². The van der Waals surface area contributed by atoms with Gasteiger partial charge >= 0.3 is 0 Å². The maximum Gasteiger partial charge on any atom is 0.282 e. The number of carbonyl (C=O) groups is 2. The quantitative estimate of drug-likeness (QED) is 0.712. The summed E-state index contributed by atoms with van der Waals surface area (Å²) in [6, 6.07) is 13.1. The molecule has 2 heterocycles. The van der Waals surface area contributed by atoms with Crippen LogP contribution in [0.25, 0.3) is 5.57 Å². The summed E-state index contributed by atoms with van der Waals surface area (Å²) in [5.41, 5.74) is 4.63. The molecule has 0 atom stereocenters. The van der Waals surface area contributed by atoms with E-state index in [2.05, 4.69) is 11.8 Å². The number of hydrogen-bond acceptors (Lipinski definition) is 4. The highest BCUT2D eigenvalue weighted by molar-refractivity contribution is 6.45. The van der Waals surface area contributed by atoms with Gasteiger partial charge in [-0.2, -0.15) is 0 Å². The molecule has 0 bridgehead atoms. The molecule has 5 heteroatoms. The Hall–Kier alpha value is -3.08. The van der Waals surface area contributed by atoms with Gasteiger partial charge in [0.1, 0.15) is 11.4 Å². The Morgan fingerprint density at radius 2 is 1.67 bits per heavy atom. The molecule has 2 aliphatic heterocycles. The van der Waals surface area contributed by atoms with E-state index in [1.807, 2.05) is 32.0 Å². The molecule has 0 N–H and O–H groups in total. The molecular formula is C25H28N2O3. The number of carbonyl (C=O) groups excluding carboxylic acids is 2. The number of benzene rings is 2. The topological polar surface area (TPSA) is 49.9 Å². The van der Waals surface area contributed by atoms with Crippen LogP contribution in [0.2, 0.25) is 0 Å². The molecule has 0 aliphatic carbocycles. The Bertz CT molecular complexity index is 1030. The van der Waals surface area contributed by atoms with Crippen molar-refractivity contribution >= 4 is 23.1 Å². The van der Waals surface area contributed by atoms with E-state index in [4.69, 9.17) is 4.74 Å². The number of aryl methyl sites for hydroxylation is 2. The van der Waals surface area contributed by atoms with Crippen LogP contribution in [0, 0.1) is 19.8 Å². The van der Waals surface area contributed by atoms with E-state index in [0.29, 0.717) is 28.6 Å². The Morgan fingerprint density at radius 1 is 0.933 bits per heavy atom. The monoisotopic (exact) mass is 404 g/mol. The first-order valence-electron chi connectivity index (χ1n) is 10.5. The van der Waals surface area contributed by atoms with Crippen molar-refractivity contribution in [1.82, 2.24) is 4.90 Å². The first-order valence-corrected chi connectivity index (χ1v) is 10.5. The maximum atomic E-state index is 13.6. The van der Waals surface area contributed by atoms with Gasteiger partial charge in [-0.15, -0.1) is 0 Å². The zero-order valence-electron chi connectivity index (χ0n) is 18.1. The second-order valence-electron chi connectivity index (χ2n) is 8.34. The van der Waals surface area contributed by atoms with Crippen LogP contribution in [0.3, 0.4) is 0 Å². The van der Waals surface area contributed by atoms with Gasteiger partial charge in [0.25, 0.3) is 11.8 Å². The van der Waals surface area contributed by atoms with E-state index >= 15 is 0 Å². The van der Waals surface area contributed by atoms with Gasteiger partial charge in [0, 0.05) is 19.2 Å². The molecule has 0 saturated carbocycles. The molecule has 156 valence electrons. The maximum absolute atomic E-state index is 13.6. The number of imide groups is 1. The van der Waals surface area contributed by atoms with Crippen molar-refractivity contribution in [2.75, 3.05) is 25.1 Å². The van der Waals surface area contributed by atoms with Crippen molar-refractivity contribution in [3.63, 3.8) is 0 Å². The van der Waals surface area contributed by atoms with Crippen molar-refractivity contribution in [2.24, 2.45) is 5.92 Å². The fourth-order valence-corrected chi connectivity index (χ4v) is 4.18. The van der Waals surface area contributed by atoms with Gasteiger partial charge in [0.15, 0.2) is 0 Å². The molecule has 0 spiro atoms. The molecule has 5 nitrogen and oxygen atoms in total. The molecular weight excluding hydrogens is 376 g/mol. The van der Waals surface area contributed by atoms with E-state index in [-0.39, 0.29) is 11.8 Å². The van der Waals surface area contributed by atoms with E-state index in [0.717, 1.165) is 42.6 Å². The zero-order chi connectivity index (χ0) is 21.4. The summed E-state index contributed by atoms with van der Waals surface area (Å²) in [6.45, 7) is 7.89. The lowest BCUT2D eigenvalue weighted by atomic mass is 9.96. The fraction of sp³-hybridized carbons (Fsp3) is 0.360. The molecule has 1 fully saturated rings. The van der Waals surface area contributed by atoms with Gasteiger partial charge in [0.2, 0.25) is 0 Å². The molecule has 4 rings (SSSR count). The van der Waals surface area contributed by atoms with Crippen molar-refractivity contribution in [1.29, 1.82) is 0 Å². The van der Waals surface area contributed by atoms with Crippen molar-refractivity contribution < 1.29 is 14.3 Å². The molecule has 2 aromatic rings. The predicted molar refractivity (Wildman–Crippen MR) is 118 cm³/mol. The minimum atomic E-state index is -0.273. The average molecular weight is 405 g/mol. The average Bonchev–Trinajstić information content (AvgIpc) is 3.01. The molecule has 0 radical (unpaired) electrons. The number of methoxy groups -OCH3 is 1. The molecule has 1 saturated heterocycles. The van der Waals surface area contributed by atoms with Gasteiger partial charge in [-0.3, -0.25) is 9.59 Å². The number of anilines is 1. The molecule has 2 aromatic carbocycles. The lowest BCUT2D eigenvalue weighted by molar-refractivity contribution is -0.120. The number of hydrogen-bond donors (Lipinski definition) is 0. The second-order valence-corrected chi connectivity index (χ2v) is 8.34. The summed E-state index contributed by atoms with van der Waals surface area (Å²) >= 11 is 0. The van der Waals surface area contributed by atoms with Crippen LogP contribution in [-0.2, 0) is 9.59 Å². The lowest BCUT2D eigenvalue weighted by Crippen LogP contribution is -2.38. The number of amides is 2. The van der Waals surface area contributed by atoms with E-state index < -0.39 is 0 Å². The Balaban J connectivity index is 1.82. The lowest BCUT2D eigenvalue weighted by Gasteiger charge is -2.32. The van der Waals surface area contributed by atoms with E-state index in [1.54, 1.807) is 31.4 Å².